The number of pyridine rings is 1. The third-order valence-electron chi connectivity index (χ3n) is 5.15. The fourth-order valence-corrected chi connectivity index (χ4v) is 6.57. The van der Waals surface area contributed by atoms with Crippen molar-refractivity contribution in [2.75, 3.05) is 26.2 Å². The number of allylic oxidation sites excluding steroid dienone is 1. The first-order valence-corrected chi connectivity index (χ1v) is 12.0. The molecule has 0 spiro atoms. The molecule has 0 amide bonds. The first-order chi connectivity index (χ1) is 13.4. The van der Waals surface area contributed by atoms with E-state index in [4.69, 9.17) is 0 Å². The Bertz CT molecular complexity index is 1100. The SMILES string of the molecule is O=S(=O)(C1=Cc2ccccc2CC1)N1CCN(S(=O)(=O)c2cccnc2)CC1. The molecule has 0 saturated carbocycles. The van der Waals surface area contributed by atoms with Crippen LogP contribution in [0, 0.1) is 0 Å². The van der Waals surface area contributed by atoms with Gasteiger partial charge in [-0.15, -0.1) is 0 Å². The van der Waals surface area contributed by atoms with Gasteiger partial charge < -0.3 is 0 Å². The van der Waals surface area contributed by atoms with Crippen molar-refractivity contribution < 1.29 is 16.8 Å². The normalized spacial score (nSPS) is 19.1. The van der Waals surface area contributed by atoms with Crippen LogP contribution < -0.4 is 0 Å². The van der Waals surface area contributed by atoms with Crippen LogP contribution in [0.1, 0.15) is 17.5 Å². The molecule has 2 heterocycles. The average molecular weight is 420 g/mol. The summed E-state index contributed by atoms with van der Waals surface area (Å²) in [6.07, 6.45) is 5.72. The number of rotatable bonds is 4. The molecule has 1 saturated heterocycles. The standard InChI is InChI=1S/C19H21N3O4S2/c23-27(24,18-8-7-16-4-1-2-5-17(16)14-18)21-10-12-22(13-11-21)28(25,26)19-6-3-9-20-15-19/h1-6,9,14-15H,7-8,10-13H2. The summed E-state index contributed by atoms with van der Waals surface area (Å²) in [5.41, 5.74) is 2.08. The average Bonchev–Trinajstić information content (AvgIpc) is 2.74. The van der Waals surface area contributed by atoms with E-state index in [0.29, 0.717) is 17.7 Å². The minimum Gasteiger partial charge on any atom is -0.263 e. The molecule has 0 N–H and O–H groups in total. The van der Waals surface area contributed by atoms with Crippen molar-refractivity contribution in [1.29, 1.82) is 0 Å². The molecule has 1 aromatic heterocycles. The number of benzene rings is 1. The van der Waals surface area contributed by atoms with Gasteiger partial charge in [-0.2, -0.15) is 8.61 Å². The van der Waals surface area contributed by atoms with Crippen molar-refractivity contribution >= 4 is 26.1 Å². The van der Waals surface area contributed by atoms with Gasteiger partial charge in [0.25, 0.3) is 0 Å². The molecule has 0 radical (unpaired) electrons. The second-order valence-corrected chi connectivity index (χ2v) is 10.7. The van der Waals surface area contributed by atoms with Gasteiger partial charge >= 0.3 is 0 Å². The van der Waals surface area contributed by atoms with Crippen molar-refractivity contribution in [2.45, 2.75) is 17.7 Å². The first kappa shape index (κ1) is 19.3. The molecular formula is C19H21N3O4S2. The Balaban J connectivity index is 1.50. The van der Waals surface area contributed by atoms with Crippen LogP contribution in [0.25, 0.3) is 6.08 Å². The lowest BCUT2D eigenvalue weighted by atomic mass is 9.98. The molecular weight excluding hydrogens is 398 g/mol. The smallest absolute Gasteiger partial charge is 0.244 e. The highest BCUT2D eigenvalue weighted by Crippen LogP contribution is 2.29. The number of sulfonamides is 2. The number of hydrogen-bond acceptors (Lipinski definition) is 5. The van der Waals surface area contributed by atoms with Crippen LogP contribution in [0.2, 0.25) is 0 Å². The Morgan fingerprint density at radius 3 is 2.14 bits per heavy atom. The molecule has 148 valence electrons. The van der Waals surface area contributed by atoms with Crippen LogP contribution in [-0.4, -0.2) is 56.6 Å². The van der Waals surface area contributed by atoms with Gasteiger partial charge in [0.05, 0.1) is 4.91 Å². The number of fused-ring (bicyclic) bond motifs is 1. The maximum atomic E-state index is 13.1. The number of aromatic nitrogens is 1. The zero-order chi connectivity index (χ0) is 19.8. The van der Waals surface area contributed by atoms with Gasteiger partial charge in [0.2, 0.25) is 20.0 Å². The molecule has 0 unspecified atom stereocenters. The predicted molar refractivity (Wildman–Crippen MR) is 106 cm³/mol. The Labute approximate surface area is 165 Å². The highest BCUT2D eigenvalue weighted by molar-refractivity contribution is 7.93. The molecule has 1 aliphatic carbocycles. The maximum absolute atomic E-state index is 13.1. The fourth-order valence-electron chi connectivity index (χ4n) is 3.57. The van der Waals surface area contributed by atoms with Crippen LogP contribution in [0.4, 0.5) is 0 Å². The third-order valence-corrected chi connectivity index (χ3v) is 9.07. The van der Waals surface area contributed by atoms with Gasteiger partial charge in [-0.3, -0.25) is 4.98 Å². The van der Waals surface area contributed by atoms with Crippen LogP contribution in [0.3, 0.4) is 0 Å². The van der Waals surface area contributed by atoms with Gasteiger partial charge in [-0.1, -0.05) is 24.3 Å². The van der Waals surface area contributed by atoms with E-state index in [2.05, 4.69) is 4.98 Å². The van der Waals surface area contributed by atoms with E-state index in [1.165, 1.54) is 27.1 Å². The molecule has 1 aromatic carbocycles. The minimum absolute atomic E-state index is 0.123. The molecule has 4 rings (SSSR count). The van der Waals surface area contributed by atoms with Crippen molar-refractivity contribution in [3.8, 4) is 0 Å². The Hall–Kier alpha value is -2.07. The summed E-state index contributed by atoms with van der Waals surface area (Å²) in [7, 11) is -7.26. The number of nitrogens with zero attached hydrogens (tertiary/aromatic N) is 3. The largest absolute Gasteiger partial charge is 0.263 e. The summed E-state index contributed by atoms with van der Waals surface area (Å²) >= 11 is 0. The van der Waals surface area contributed by atoms with Crippen LogP contribution in [0.15, 0.2) is 58.6 Å². The van der Waals surface area contributed by atoms with Gasteiger partial charge in [0.15, 0.2) is 0 Å². The van der Waals surface area contributed by atoms with E-state index >= 15 is 0 Å². The highest BCUT2D eigenvalue weighted by Gasteiger charge is 2.35. The quantitative estimate of drug-likeness (QED) is 0.753. The van der Waals surface area contributed by atoms with Crippen LogP contribution >= 0.6 is 0 Å². The molecule has 1 fully saturated rings. The molecule has 0 atom stereocenters. The maximum Gasteiger partial charge on any atom is 0.244 e. The van der Waals surface area contributed by atoms with Gasteiger partial charge in [-0.05, 0) is 42.2 Å². The molecule has 1 aliphatic heterocycles. The minimum atomic E-state index is -3.66. The summed E-state index contributed by atoms with van der Waals surface area (Å²) in [6, 6.07) is 10.8. The summed E-state index contributed by atoms with van der Waals surface area (Å²) in [5.74, 6) is 0. The van der Waals surface area contributed by atoms with E-state index in [0.717, 1.165) is 11.1 Å². The molecule has 28 heavy (non-hydrogen) atoms. The summed E-state index contributed by atoms with van der Waals surface area (Å²) in [4.78, 5) is 4.38. The summed E-state index contributed by atoms with van der Waals surface area (Å²) in [6.45, 7) is 0.530. The van der Waals surface area contributed by atoms with Gasteiger partial charge in [-0.25, -0.2) is 16.8 Å². The fraction of sp³-hybridized carbons (Fsp3) is 0.316. The van der Waals surface area contributed by atoms with Crippen LogP contribution in [-0.2, 0) is 26.5 Å². The molecule has 2 aromatic rings. The predicted octanol–water partition coefficient (Wildman–Crippen LogP) is 1.71. The highest BCUT2D eigenvalue weighted by atomic mass is 32.2. The van der Waals surface area contributed by atoms with E-state index in [-0.39, 0.29) is 31.1 Å². The second-order valence-electron chi connectivity index (χ2n) is 6.81. The Morgan fingerprint density at radius 2 is 1.46 bits per heavy atom. The van der Waals surface area contributed by atoms with Crippen molar-refractivity contribution in [1.82, 2.24) is 13.6 Å². The number of aryl methyl sites for hydroxylation is 1. The van der Waals surface area contributed by atoms with E-state index in [1.807, 2.05) is 24.3 Å². The Morgan fingerprint density at radius 1 is 0.786 bits per heavy atom. The van der Waals surface area contributed by atoms with Gasteiger partial charge in [0.1, 0.15) is 4.90 Å². The molecule has 2 aliphatic rings. The van der Waals surface area contributed by atoms with Crippen molar-refractivity contribution in [3.05, 3.63) is 64.8 Å². The van der Waals surface area contributed by atoms with Crippen LogP contribution in [0.5, 0.6) is 0 Å². The third kappa shape index (κ3) is 3.50. The first-order valence-electron chi connectivity index (χ1n) is 9.08. The van der Waals surface area contributed by atoms with E-state index in [1.54, 1.807) is 12.1 Å². The lowest BCUT2D eigenvalue weighted by molar-refractivity contribution is 0.274. The summed E-state index contributed by atoms with van der Waals surface area (Å²) < 4.78 is 54.2. The van der Waals surface area contributed by atoms with E-state index in [9.17, 15) is 16.8 Å². The van der Waals surface area contributed by atoms with E-state index < -0.39 is 20.0 Å². The zero-order valence-corrected chi connectivity index (χ0v) is 16.9. The topological polar surface area (TPSA) is 87.7 Å². The number of piperazine rings is 1. The lowest BCUT2D eigenvalue weighted by Gasteiger charge is -2.34. The summed E-state index contributed by atoms with van der Waals surface area (Å²) in [5, 5.41) is 0. The zero-order valence-electron chi connectivity index (χ0n) is 15.2. The molecule has 7 nitrogen and oxygen atoms in total. The number of hydrogen-bond donors (Lipinski definition) is 0. The molecule has 0 bridgehead atoms. The van der Waals surface area contributed by atoms with Crippen molar-refractivity contribution in [2.24, 2.45) is 0 Å². The molecule has 9 heteroatoms. The van der Waals surface area contributed by atoms with Gasteiger partial charge in [0, 0.05) is 38.6 Å². The second kappa shape index (κ2) is 7.40. The lowest BCUT2D eigenvalue weighted by Crippen LogP contribution is -2.50. The Kier molecular flexibility index (Phi) is 5.09. The monoisotopic (exact) mass is 419 g/mol. The van der Waals surface area contributed by atoms with Crippen molar-refractivity contribution in [3.63, 3.8) is 0 Å².